The predicted octanol–water partition coefficient (Wildman–Crippen LogP) is 3.28. The van der Waals surface area contributed by atoms with Gasteiger partial charge in [0.2, 0.25) is 6.79 Å². The topological polar surface area (TPSA) is 61.6 Å². The van der Waals surface area contributed by atoms with Gasteiger partial charge in [-0.25, -0.2) is 0 Å². The van der Waals surface area contributed by atoms with Crippen LogP contribution in [-0.4, -0.2) is 11.7 Å². The van der Waals surface area contributed by atoms with Gasteiger partial charge in [0.1, 0.15) is 0 Å². The Morgan fingerprint density at radius 1 is 1.14 bits per heavy atom. The number of hydrogen-bond donors (Lipinski definition) is 0. The van der Waals surface area contributed by atoms with Gasteiger partial charge in [0.25, 0.3) is 5.70 Å². The van der Waals surface area contributed by atoms with E-state index in [0.29, 0.717) is 11.5 Å². The van der Waals surface area contributed by atoms with Crippen LogP contribution < -0.4 is 9.47 Å². The molecule has 3 rings (SSSR count). The standard InChI is InChI=1S/C16H13NO4/c18-17(19)14(8-12-4-2-1-3-5-12)9-13-6-7-15-16(10-13)21-11-20-15/h1-7,9-10H,8,11H2. The van der Waals surface area contributed by atoms with E-state index in [1.807, 2.05) is 30.3 Å². The van der Waals surface area contributed by atoms with Crippen molar-refractivity contribution in [2.24, 2.45) is 0 Å². The molecular weight excluding hydrogens is 270 g/mol. The molecule has 21 heavy (non-hydrogen) atoms. The van der Waals surface area contributed by atoms with Crippen LogP contribution >= 0.6 is 0 Å². The van der Waals surface area contributed by atoms with E-state index >= 15 is 0 Å². The van der Waals surface area contributed by atoms with Gasteiger partial charge in [-0.2, -0.15) is 0 Å². The zero-order valence-corrected chi connectivity index (χ0v) is 11.2. The molecule has 0 amide bonds. The number of ether oxygens (including phenoxy) is 2. The van der Waals surface area contributed by atoms with E-state index in [1.165, 1.54) is 0 Å². The molecule has 0 N–H and O–H groups in total. The van der Waals surface area contributed by atoms with Crippen molar-refractivity contribution in [3.05, 3.63) is 75.5 Å². The summed E-state index contributed by atoms with van der Waals surface area (Å²) in [6.45, 7) is 0.189. The Labute approximate surface area is 121 Å². The minimum Gasteiger partial charge on any atom is -0.454 e. The van der Waals surface area contributed by atoms with Crippen molar-refractivity contribution < 1.29 is 14.4 Å². The van der Waals surface area contributed by atoms with E-state index in [1.54, 1.807) is 24.3 Å². The van der Waals surface area contributed by atoms with Crippen LogP contribution in [0, 0.1) is 10.1 Å². The summed E-state index contributed by atoms with van der Waals surface area (Å²) < 4.78 is 10.5. The minimum atomic E-state index is -0.350. The van der Waals surface area contributed by atoms with Gasteiger partial charge >= 0.3 is 0 Å². The molecule has 5 nitrogen and oxygen atoms in total. The van der Waals surface area contributed by atoms with Crippen molar-refractivity contribution >= 4 is 6.08 Å². The summed E-state index contributed by atoms with van der Waals surface area (Å²) in [6.07, 6.45) is 1.84. The SMILES string of the molecule is O=[N+]([O-])C(=Cc1ccc2c(c1)OCO2)Cc1ccccc1. The normalized spacial score (nSPS) is 13.2. The highest BCUT2D eigenvalue weighted by molar-refractivity contribution is 5.58. The Morgan fingerprint density at radius 3 is 2.67 bits per heavy atom. The van der Waals surface area contributed by atoms with Crippen molar-refractivity contribution in [3.63, 3.8) is 0 Å². The van der Waals surface area contributed by atoms with Crippen LogP contribution in [0.15, 0.2) is 54.2 Å². The molecule has 0 aliphatic carbocycles. The molecule has 0 atom stereocenters. The third-order valence-corrected chi connectivity index (χ3v) is 3.19. The third kappa shape index (κ3) is 3.02. The van der Waals surface area contributed by atoms with Crippen LogP contribution in [0.4, 0.5) is 0 Å². The Morgan fingerprint density at radius 2 is 1.90 bits per heavy atom. The highest BCUT2D eigenvalue weighted by Crippen LogP contribution is 2.33. The number of rotatable bonds is 4. The number of benzene rings is 2. The van der Waals surface area contributed by atoms with Crippen LogP contribution in [0.5, 0.6) is 11.5 Å². The molecule has 0 unspecified atom stereocenters. The Balaban J connectivity index is 1.88. The summed E-state index contributed by atoms with van der Waals surface area (Å²) in [5.74, 6) is 1.28. The quantitative estimate of drug-likeness (QED) is 0.638. The molecule has 0 saturated heterocycles. The molecule has 0 radical (unpaired) electrons. The molecule has 5 heteroatoms. The number of fused-ring (bicyclic) bond motifs is 1. The molecule has 1 aliphatic heterocycles. The van der Waals surface area contributed by atoms with Crippen molar-refractivity contribution in [2.45, 2.75) is 6.42 Å². The fraction of sp³-hybridized carbons (Fsp3) is 0.125. The van der Waals surface area contributed by atoms with Gasteiger partial charge < -0.3 is 9.47 Å². The van der Waals surface area contributed by atoms with Gasteiger partial charge in [-0.15, -0.1) is 0 Å². The third-order valence-electron chi connectivity index (χ3n) is 3.19. The first-order valence-corrected chi connectivity index (χ1v) is 6.51. The van der Waals surface area contributed by atoms with Crippen LogP contribution in [0.3, 0.4) is 0 Å². The second-order valence-electron chi connectivity index (χ2n) is 4.67. The fourth-order valence-electron chi connectivity index (χ4n) is 2.17. The molecule has 1 aliphatic rings. The van der Waals surface area contributed by atoms with E-state index in [2.05, 4.69) is 0 Å². The maximum Gasteiger partial charge on any atom is 0.251 e. The van der Waals surface area contributed by atoms with E-state index in [-0.39, 0.29) is 23.8 Å². The maximum atomic E-state index is 11.2. The summed E-state index contributed by atoms with van der Waals surface area (Å²) in [5, 5.41) is 11.2. The lowest BCUT2D eigenvalue weighted by Gasteiger charge is -2.01. The van der Waals surface area contributed by atoms with Gasteiger partial charge in [-0.1, -0.05) is 36.4 Å². The number of allylic oxidation sites excluding steroid dienone is 1. The van der Waals surface area contributed by atoms with E-state index in [9.17, 15) is 10.1 Å². The molecule has 0 aromatic heterocycles. The van der Waals surface area contributed by atoms with Gasteiger partial charge in [0.05, 0.1) is 11.3 Å². The van der Waals surface area contributed by atoms with Crippen LogP contribution in [0.25, 0.3) is 6.08 Å². The van der Waals surface area contributed by atoms with Crippen molar-refractivity contribution in [1.29, 1.82) is 0 Å². The largest absolute Gasteiger partial charge is 0.454 e. The Kier molecular flexibility index (Phi) is 3.55. The Hall–Kier alpha value is -2.82. The highest BCUT2D eigenvalue weighted by atomic mass is 16.7. The lowest BCUT2D eigenvalue weighted by molar-refractivity contribution is -0.425. The lowest BCUT2D eigenvalue weighted by atomic mass is 10.1. The monoisotopic (exact) mass is 283 g/mol. The Bertz CT molecular complexity index is 695. The van der Waals surface area contributed by atoms with E-state index in [0.717, 1.165) is 11.1 Å². The van der Waals surface area contributed by atoms with E-state index < -0.39 is 0 Å². The summed E-state index contributed by atoms with van der Waals surface area (Å²) in [5.41, 5.74) is 1.77. The van der Waals surface area contributed by atoms with Gasteiger partial charge in [0, 0.05) is 6.08 Å². The first-order chi connectivity index (χ1) is 10.2. The minimum absolute atomic E-state index is 0.139. The number of nitrogens with zero attached hydrogens (tertiary/aromatic N) is 1. The fourth-order valence-corrected chi connectivity index (χ4v) is 2.17. The van der Waals surface area contributed by atoms with Crippen LogP contribution in [0.2, 0.25) is 0 Å². The molecule has 106 valence electrons. The maximum absolute atomic E-state index is 11.2. The molecule has 1 heterocycles. The van der Waals surface area contributed by atoms with Crippen molar-refractivity contribution in [3.8, 4) is 11.5 Å². The summed E-state index contributed by atoms with van der Waals surface area (Å²) in [6, 6.07) is 14.7. The number of hydrogen-bond acceptors (Lipinski definition) is 4. The first-order valence-electron chi connectivity index (χ1n) is 6.51. The number of nitro groups is 1. The van der Waals surface area contributed by atoms with Crippen LogP contribution in [-0.2, 0) is 6.42 Å². The van der Waals surface area contributed by atoms with Gasteiger partial charge in [-0.05, 0) is 23.3 Å². The molecule has 2 aromatic carbocycles. The second-order valence-corrected chi connectivity index (χ2v) is 4.67. The summed E-state index contributed by atoms with van der Waals surface area (Å²) in [4.78, 5) is 10.9. The smallest absolute Gasteiger partial charge is 0.251 e. The molecule has 2 aromatic rings. The molecule has 0 spiro atoms. The summed E-state index contributed by atoms with van der Waals surface area (Å²) in [7, 11) is 0. The molecular formula is C16H13NO4. The molecule has 0 bridgehead atoms. The summed E-state index contributed by atoms with van der Waals surface area (Å²) >= 11 is 0. The molecule has 0 fully saturated rings. The average molecular weight is 283 g/mol. The lowest BCUT2D eigenvalue weighted by Crippen LogP contribution is -2.02. The van der Waals surface area contributed by atoms with Crippen molar-refractivity contribution in [2.75, 3.05) is 6.79 Å². The van der Waals surface area contributed by atoms with Gasteiger partial charge in [-0.3, -0.25) is 10.1 Å². The zero-order valence-electron chi connectivity index (χ0n) is 11.2. The van der Waals surface area contributed by atoms with Crippen molar-refractivity contribution in [1.82, 2.24) is 0 Å². The van der Waals surface area contributed by atoms with E-state index in [4.69, 9.17) is 9.47 Å². The van der Waals surface area contributed by atoms with Crippen LogP contribution in [0.1, 0.15) is 11.1 Å². The predicted molar refractivity (Wildman–Crippen MR) is 77.7 cm³/mol. The zero-order chi connectivity index (χ0) is 14.7. The first kappa shape index (κ1) is 13.2. The highest BCUT2D eigenvalue weighted by Gasteiger charge is 2.15. The molecule has 0 saturated carbocycles. The van der Waals surface area contributed by atoms with Gasteiger partial charge in [0.15, 0.2) is 11.5 Å². The average Bonchev–Trinajstić information content (AvgIpc) is 2.95. The second kappa shape index (κ2) is 5.66.